The Kier molecular flexibility index (Phi) is 3.24. The maximum Gasteiger partial charge on any atom is 0.309 e. The van der Waals surface area contributed by atoms with Crippen molar-refractivity contribution in [3.8, 4) is 0 Å². The lowest BCUT2D eigenvalue weighted by Crippen LogP contribution is -2.14. The van der Waals surface area contributed by atoms with E-state index in [1.807, 2.05) is 31.2 Å². The molecule has 0 bridgehead atoms. The maximum atomic E-state index is 11.7. The van der Waals surface area contributed by atoms with E-state index in [1.165, 1.54) is 0 Å². The lowest BCUT2D eigenvalue weighted by atomic mass is 9.94. The highest BCUT2D eigenvalue weighted by molar-refractivity contribution is 5.94. The van der Waals surface area contributed by atoms with Gasteiger partial charge in [0, 0.05) is 11.0 Å². The molecular formula is C15H18O3. The van der Waals surface area contributed by atoms with Crippen molar-refractivity contribution < 1.29 is 14.3 Å². The Balaban J connectivity index is 2.13. The number of hydrogen-bond acceptors (Lipinski definition) is 3. The maximum absolute atomic E-state index is 11.7. The molecular weight excluding hydrogens is 228 g/mol. The van der Waals surface area contributed by atoms with Gasteiger partial charge in [-0.3, -0.25) is 9.59 Å². The van der Waals surface area contributed by atoms with Gasteiger partial charge >= 0.3 is 5.97 Å². The van der Waals surface area contributed by atoms with Gasteiger partial charge in [0.2, 0.25) is 0 Å². The van der Waals surface area contributed by atoms with Crippen molar-refractivity contribution in [2.75, 3.05) is 6.61 Å². The zero-order valence-corrected chi connectivity index (χ0v) is 11.0. The minimum atomic E-state index is -0.123. The molecule has 0 saturated heterocycles. The molecule has 2 atom stereocenters. The summed E-state index contributed by atoms with van der Waals surface area (Å²) in [5.74, 6) is -0.0966. The summed E-state index contributed by atoms with van der Waals surface area (Å²) in [6.07, 6.45) is 0.825. The fourth-order valence-electron chi connectivity index (χ4n) is 2.36. The topological polar surface area (TPSA) is 43.4 Å². The van der Waals surface area contributed by atoms with Crippen molar-refractivity contribution in [3.63, 3.8) is 0 Å². The van der Waals surface area contributed by atoms with Crippen molar-refractivity contribution in [1.29, 1.82) is 0 Å². The number of carbonyl (C=O) groups excluding carboxylic acids is 2. The van der Waals surface area contributed by atoms with Crippen LogP contribution in [0, 0.1) is 5.92 Å². The van der Waals surface area contributed by atoms with Gasteiger partial charge in [-0.05, 0) is 25.8 Å². The lowest BCUT2D eigenvalue weighted by molar-refractivity contribution is -0.145. The third kappa shape index (κ3) is 2.17. The van der Waals surface area contributed by atoms with E-state index in [0.29, 0.717) is 12.2 Å². The van der Waals surface area contributed by atoms with Gasteiger partial charge in [-0.2, -0.15) is 0 Å². The molecule has 0 heterocycles. The molecule has 18 heavy (non-hydrogen) atoms. The Morgan fingerprint density at radius 2 is 1.94 bits per heavy atom. The summed E-state index contributed by atoms with van der Waals surface area (Å²) in [6.45, 7) is 5.86. The van der Waals surface area contributed by atoms with E-state index in [1.54, 1.807) is 6.92 Å². The second-order valence-corrected chi connectivity index (χ2v) is 5.06. The summed E-state index contributed by atoms with van der Waals surface area (Å²) in [7, 11) is 0. The minimum Gasteiger partial charge on any atom is -0.466 e. The normalized spacial score (nSPS) is 25.6. The molecule has 0 aromatic heterocycles. The van der Waals surface area contributed by atoms with Crippen LogP contribution >= 0.6 is 0 Å². The first-order valence-corrected chi connectivity index (χ1v) is 6.27. The zero-order valence-electron chi connectivity index (χ0n) is 11.0. The highest BCUT2D eigenvalue weighted by Gasteiger charge is 2.56. The van der Waals surface area contributed by atoms with Gasteiger partial charge in [0.25, 0.3) is 0 Å². The SMILES string of the molecule is CCOC(=O)C1CC1(C)c1ccc(C(C)=O)cc1. The van der Waals surface area contributed by atoms with Crippen molar-refractivity contribution in [3.05, 3.63) is 35.4 Å². The molecule has 1 saturated carbocycles. The van der Waals surface area contributed by atoms with Crippen molar-refractivity contribution in [2.24, 2.45) is 5.92 Å². The van der Waals surface area contributed by atoms with Crippen LogP contribution in [0.5, 0.6) is 0 Å². The monoisotopic (exact) mass is 246 g/mol. The molecule has 0 radical (unpaired) electrons. The third-order valence-electron chi connectivity index (χ3n) is 3.76. The second-order valence-electron chi connectivity index (χ2n) is 5.06. The predicted octanol–water partition coefficient (Wildman–Crippen LogP) is 2.73. The van der Waals surface area contributed by atoms with E-state index in [0.717, 1.165) is 12.0 Å². The van der Waals surface area contributed by atoms with Crippen molar-refractivity contribution >= 4 is 11.8 Å². The van der Waals surface area contributed by atoms with E-state index in [4.69, 9.17) is 4.74 Å². The zero-order chi connectivity index (χ0) is 13.3. The van der Waals surface area contributed by atoms with Gasteiger partial charge in [-0.1, -0.05) is 31.2 Å². The summed E-state index contributed by atoms with van der Waals surface area (Å²) < 4.78 is 5.05. The fourth-order valence-corrected chi connectivity index (χ4v) is 2.36. The molecule has 1 aliphatic rings. The Morgan fingerprint density at radius 1 is 1.33 bits per heavy atom. The molecule has 96 valence electrons. The van der Waals surface area contributed by atoms with Crippen LogP contribution in [0.1, 0.15) is 43.1 Å². The number of Topliss-reactive ketones (excluding diaryl/α,β-unsaturated/α-hetero) is 1. The largest absolute Gasteiger partial charge is 0.466 e. The van der Waals surface area contributed by atoms with Crippen molar-refractivity contribution in [2.45, 2.75) is 32.6 Å². The third-order valence-corrected chi connectivity index (χ3v) is 3.76. The van der Waals surface area contributed by atoms with Crippen LogP contribution in [0.2, 0.25) is 0 Å². The minimum absolute atomic E-state index is 0.0411. The number of ether oxygens (including phenoxy) is 1. The van der Waals surface area contributed by atoms with Gasteiger partial charge < -0.3 is 4.74 Å². The summed E-state index contributed by atoms with van der Waals surface area (Å²) in [6, 6.07) is 7.53. The molecule has 1 aromatic rings. The molecule has 0 spiro atoms. The fraction of sp³-hybridized carbons (Fsp3) is 0.467. The highest BCUT2D eigenvalue weighted by atomic mass is 16.5. The van der Waals surface area contributed by atoms with E-state index in [9.17, 15) is 9.59 Å². The number of benzene rings is 1. The average molecular weight is 246 g/mol. The Bertz CT molecular complexity index is 475. The van der Waals surface area contributed by atoms with E-state index >= 15 is 0 Å². The summed E-state index contributed by atoms with van der Waals surface area (Å²) in [5.41, 5.74) is 1.68. The molecule has 3 heteroatoms. The first-order chi connectivity index (χ1) is 8.49. The van der Waals surface area contributed by atoms with Crippen molar-refractivity contribution in [1.82, 2.24) is 0 Å². The van der Waals surface area contributed by atoms with Crippen LogP contribution < -0.4 is 0 Å². The Morgan fingerprint density at radius 3 is 2.44 bits per heavy atom. The molecule has 2 unspecified atom stereocenters. The number of hydrogen-bond donors (Lipinski definition) is 0. The first-order valence-electron chi connectivity index (χ1n) is 6.27. The van der Waals surface area contributed by atoms with Gasteiger partial charge in [-0.25, -0.2) is 0 Å². The van der Waals surface area contributed by atoms with E-state index < -0.39 is 0 Å². The van der Waals surface area contributed by atoms with Crippen LogP contribution in [0.3, 0.4) is 0 Å². The van der Waals surface area contributed by atoms with Crippen LogP contribution in [-0.4, -0.2) is 18.4 Å². The number of rotatable bonds is 4. The Hall–Kier alpha value is -1.64. The van der Waals surface area contributed by atoms with Crippen LogP contribution in [0.4, 0.5) is 0 Å². The summed E-state index contributed by atoms with van der Waals surface area (Å²) in [4.78, 5) is 22.9. The molecule has 1 aromatic carbocycles. The molecule has 2 rings (SSSR count). The van der Waals surface area contributed by atoms with E-state index in [2.05, 4.69) is 6.92 Å². The van der Waals surface area contributed by atoms with E-state index in [-0.39, 0.29) is 23.1 Å². The molecule has 0 amide bonds. The number of esters is 1. The van der Waals surface area contributed by atoms with Gasteiger partial charge in [0.1, 0.15) is 0 Å². The molecule has 3 nitrogen and oxygen atoms in total. The van der Waals surface area contributed by atoms with Gasteiger partial charge in [0.05, 0.1) is 12.5 Å². The molecule has 1 fully saturated rings. The smallest absolute Gasteiger partial charge is 0.309 e. The molecule has 0 aliphatic heterocycles. The second kappa shape index (κ2) is 4.56. The quantitative estimate of drug-likeness (QED) is 0.606. The lowest BCUT2D eigenvalue weighted by Gasteiger charge is -2.11. The highest BCUT2D eigenvalue weighted by Crippen LogP contribution is 2.54. The number of carbonyl (C=O) groups is 2. The average Bonchev–Trinajstić information content (AvgIpc) is 3.04. The summed E-state index contributed by atoms with van der Waals surface area (Å²) in [5, 5.41) is 0. The predicted molar refractivity (Wildman–Crippen MR) is 68.5 cm³/mol. The van der Waals surface area contributed by atoms with Gasteiger partial charge in [-0.15, -0.1) is 0 Å². The van der Waals surface area contributed by atoms with Crippen LogP contribution in [0.15, 0.2) is 24.3 Å². The van der Waals surface area contributed by atoms with Crippen LogP contribution in [-0.2, 0) is 14.9 Å². The first kappa shape index (κ1) is 12.8. The molecule has 1 aliphatic carbocycles. The Labute approximate surface area is 107 Å². The summed E-state index contributed by atoms with van der Waals surface area (Å²) >= 11 is 0. The molecule has 0 N–H and O–H groups in total. The van der Waals surface area contributed by atoms with Crippen LogP contribution in [0.25, 0.3) is 0 Å². The standard InChI is InChI=1S/C15H18O3/c1-4-18-14(17)13-9-15(13,3)12-7-5-11(6-8-12)10(2)16/h5-8,13H,4,9H2,1-3H3. The van der Waals surface area contributed by atoms with Gasteiger partial charge in [0.15, 0.2) is 5.78 Å². The number of ketones is 1.